The van der Waals surface area contributed by atoms with Crippen molar-refractivity contribution in [3.8, 4) is 11.1 Å². The first-order valence-electron chi connectivity index (χ1n) is 10.7. The molecule has 0 radical (unpaired) electrons. The normalized spacial score (nSPS) is 15.3. The Morgan fingerprint density at radius 3 is 2.59 bits per heavy atom. The van der Waals surface area contributed by atoms with E-state index in [0.29, 0.717) is 11.8 Å². The Kier molecular flexibility index (Phi) is 5.65. The van der Waals surface area contributed by atoms with Gasteiger partial charge < -0.3 is 9.88 Å². The summed E-state index contributed by atoms with van der Waals surface area (Å²) in [5.74, 6) is 3.09. The van der Waals surface area contributed by atoms with Gasteiger partial charge in [0.2, 0.25) is 0 Å². The van der Waals surface area contributed by atoms with Crippen LogP contribution in [0.1, 0.15) is 55.4 Å². The van der Waals surface area contributed by atoms with Gasteiger partial charge in [0, 0.05) is 42.9 Å². The van der Waals surface area contributed by atoms with Crippen LogP contribution in [0.15, 0.2) is 36.8 Å². The average molecular weight is 390 g/mol. The van der Waals surface area contributed by atoms with Crippen molar-refractivity contribution < 1.29 is 0 Å². The van der Waals surface area contributed by atoms with Crippen molar-refractivity contribution in [2.45, 2.75) is 52.9 Å². The van der Waals surface area contributed by atoms with E-state index in [-0.39, 0.29) is 0 Å². The van der Waals surface area contributed by atoms with E-state index in [9.17, 15) is 0 Å². The molecule has 0 bridgehead atoms. The summed E-state index contributed by atoms with van der Waals surface area (Å²) in [6.07, 6.45) is 6.95. The maximum absolute atomic E-state index is 5.04. The Morgan fingerprint density at radius 2 is 1.93 bits per heavy atom. The van der Waals surface area contributed by atoms with Crippen molar-refractivity contribution in [2.24, 2.45) is 5.92 Å². The first kappa shape index (κ1) is 19.6. The monoisotopic (exact) mass is 389 g/mol. The van der Waals surface area contributed by atoms with Crippen molar-refractivity contribution in [3.63, 3.8) is 0 Å². The second kappa shape index (κ2) is 8.36. The minimum atomic E-state index is 0.525. The number of imidazole rings is 1. The number of rotatable bonds is 5. The molecule has 3 aromatic rings. The van der Waals surface area contributed by atoms with E-state index in [1.165, 1.54) is 22.5 Å². The van der Waals surface area contributed by atoms with Gasteiger partial charge in [0.25, 0.3) is 0 Å². The Bertz CT molecular complexity index is 967. The van der Waals surface area contributed by atoms with E-state index in [1.54, 1.807) is 0 Å². The summed E-state index contributed by atoms with van der Waals surface area (Å²) in [7, 11) is 0. The highest BCUT2D eigenvalue weighted by Gasteiger charge is 2.26. The zero-order valence-corrected chi connectivity index (χ0v) is 17.9. The van der Waals surface area contributed by atoms with Crippen LogP contribution in [0.3, 0.4) is 0 Å². The molecule has 1 N–H and O–H groups in total. The molecule has 1 fully saturated rings. The lowest BCUT2D eigenvalue weighted by Gasteiger charge is -2.33. The lowest BCUT2D eigenvalue weighted by atomic mass is 9.92. The molecule has 1 aromatic carbocycles. The van der Waals surface area contributed by atoms with Gasteiger partial charge in [0.05, 0.1) is 12.0 Å². The quantitative estimate of drug-likeness (QED) is 0.662. The summed E-state index contributed by atoms with van der Waals surface area (Å²) < 4.78 is 0. The number of hydrogen-bond donors (Lipinski definition) is 1. The van der Waals surface area contributed by atoms with Crippen LogP contribution in [0.25, 0.3) is 11.1 Å². The van der Waals surface area contributed by atoms with Crippen molar-refractivity contribution in [3.05, 3.63) is 59.6 Å². The number of hydrogen-bond acceptors (Lipinski definition) is 4. The molecule has 0 atom stereocenters. The second-order valence-electron chi connectivity index (χ2n) is 8.67. The van der Waals surface area contributed by atoms with Gasteiger partial charge in [-0.05, 0) is 38.2 Å². The fourth-order valence-corrected chi connectivity index (χ4v) is 4.27. The number of piperidine rings is 1. The zero-order chi connectivity index (χ0) is 20.4. The molecule has 1 aliphatic rings. The maximum atomic E-state index is 5.04. The number of aromatic amines is 1. The molecule has 0 aliphatic carbocycles. The van der Waals surface area contributed by atoms with Crippen LogP contribution in [0, 0.1) is 19.8 Å². The SMILES string of the molecule is Cc1cccc(-c2cnc(CC(C)C)nc2N2CCC(c3nc[nH]c3C)CC2)c1. The number of nitrogens with zero attached hydrogens (tertiary/aromatic N) is 4. The van der Waals surface area contributed by atoms with E-state index >= 15 is 0 Å². The Hall–Kier alpha value is -2.69. The summed E-state index contributed by atoms with van der Waals surface area (Å²) in [4.78, 5) is 20.0. The van der Waals surface area contributed by atoms with Crippen LogP contribution in [0.4, 0.5) is 5.82 Å². The average Bonchev–Trinajstić information content (AvgIpc) is 3.13. The lowest BCUT2D eigenvalue weighted by molar-refractivity contribution is 0.492. The molecule has 1 aliphatic heterocycles. The molecule has 0 amide bonds. The third-order valence-electron chi connectivity index (χ3n) is 5.79. The van der Waals surface area contributed by atoms with Crippen LogP contribution in [0.2, 0.25) is 0 Å². The molecule has 152 valence electrons. The van der Waals surface area contributed by atoms with Gasteiger partial charge in [-0.3, -0.25) is 0 Å². The minimum Gasteiger partial charge on any atom is -0.356 e. The third kappa shape index (κ3) is 4.34. The van der Waals surface area contributed by atoms with Gasteiger partial charge in [-0.1, -0.05) is 43.7 Å². The predicted octanol–water partition coefficient (Wildman–Crippen LogP) is 5.07. The summed E-state index contributed by atoms with van der Waals surface area (Å²) >= 11 is 0. The molecular formula is C24H31N5. The molecule has 5 nitrogen and oxygen atoms in total. The molecule has 0 saturated carbocycles. The van der Waals surface area contributed by atoms with Crippen LogP contribution < -0.4 is 4.90 Å². The van der Waals surface area contributed by atoms with E-state index in [1.807, 2.05) is 12.5 Å². The van der Waals surface area contributed by atoms with Gasteiger partial charge in [-0.15, -0.1) is 0 Å². The van der Waals surface area contributed by atoms with E-state index < -0.39 is 0 Å². The van der Waals surface area contributed by atoms with Gasteiger partial charge in [-0.2, -0.15) is 0 Å². The van der Waals surface area contributed by atoms with Crippen molar-refractivity contribution in [1.29, 1.82) is 0 Å². The highest BCUT2D eigenvalue weighted by molar-refractivity contribution is 5.75. The molecule has 2 aromatic heterocycles. The predicted molar refractivity (Wildman–Crippen MR) is 118 cm³/mol. The smallest absolute Gasteiger partial charge is 0.140 e. The van der Waals surface area contributed by atoms with Crippen LogP contribution in [-0.2, 0) is 6.42 Å². The van der Waals surface area contributed by atoms with E-state index in [4.69, 9.17) is 9.97 Å². The summed E-state index contributed by atoms with van der Waals surface area (Å²) in [5, 5.41) is 0. The van der Waals surface area contributed by atoms with E-state index in [2.05, 4.69) is 66.8 Å². The number of anilines is 1. The lowest BCUT2D eigenvalue weighted by Crippen LogP contribution is -2.34. The number of nitrogens with one attached hydrogen (secondary N) is 1. The molecule has 3 heterocycles. The minimum absolute atomic E-state index is 0.525. The number of aryl methyl sites for hydroxylation is 2. The summed E-state index contributed by atoms with van der Waals surface area (Å²) in [6, 6.07) is 8.64. The van der Waals surface area contributed by atoms with Crippen LogP contribution in [-0.4, -0.2) is 33.0 Å². The second-order valence-corrected chi connectivity index (χ2v) is 8.67. The van der Waals surface area contributed by atoms with Gasteiger partial charge in [0.1, 0.15) is 11.6 Å². The highest BCUT2D eigenvalue weighted by atomic mass is 15.2. The molecule has 5 heteroatoms. The zero-order valence-electron chi connectivity index (χ0n) is 17.9. The molecule has 0 spiro atoms. The van der Waals surface area contributed by atoms with Crippen LogP contribution >= 0.6 is 0 Å². The Labute approximate surface area is 173 Å². The number of aromatic nitrogens is 4. The van der Waals surface area contributed by atoms with E-state index in [0.717, 1.165) is 49.6 Å². The molecule has 0 unspecified atom stereocenters. The molecule has 4 rings (SSSR count). The third-order valence-corrected chi connectivity index (χ3v) is 5.79. The Morgan fingerprint density at radius 1 is 1.14 bits per heavy atom. The van der Waals surface area contributed by atoms with Crippen molar-refractivity contribution in [2.75, 3.05) is 18.0 Å². The van der Waals surface area contributed by atoms with Crippen molar-refractivity contribution in [1.82, 2.24) is 19.9 Å². The standard InChI is InChI=1S/C24H31N5/c1-16(2)12-22-25-14-21(20-7-5-6-17(3)13-20)24(28-22)29-10-8-19(9-11-29)23-18(4)26-15-27-23/h5-7,13-16,19H,8-12H2,1-4H3,(H,26,27). The summed E-state index contributed by atoms with van der Waals surface area (Å²) in [5.41, 5.74) is 6.02. The molecule has 1 saturated heterocycles. The van der Waals surface area contributed by atoms with Gasteiger partial charge in [0.15, 0.2) is 0 Å². The first-order chi connectivity index (χ1) is 14.0. The Balaban J connectivity index is 1.63. The largest absolute Gasteiger partial charge is 0.356 e. The summed E-state index contributed by atoms with van der Waals surface area (Å²) in [6.45, 7) is 10.7. The fraction of sp³-hybridized carbons (Fsp3) is 0.458. The maximum Gasteiger partial charge on any atom is 0.140 e. The van der Waals surface area contributed by atoms with Crippen molar-refractivity contribution >= 4 is 5.82 Å². The molecular weight excluding hydrogens is 358 g/mol. The topological polar surface area (TPSA) is 57.7 Å². The van der Waals surface area contributed by atoms with Gasteiger partial charge >= 0.3 is 0 Å². The van der Waals surface area contributed by atoms with Crippen LogP contribution in [0.5, 0.6) is 0 Å². The first-order valence-corrected chi connectivity index (χ1v) is 10.7. The highest BCUT2D eigenvalue weighted by Crippen LogP contribution is 2.35. The number of benzene rings is 1. The van der Waals surface area contributed by atoms with Gasteiger partial charge in [-0.25, -0.2) is 15.0 Å². The number of H-pyrrole nitrogens is 1. The fourth-order valence-electron chi connectivity index (χ4n) is 4.27. The molecule has 29 heavy (non-hydrogen) atoms.